The van der Waals surface area contributed by atoms with Crippen molar-refractivity contribution in [2.45, 2.75) is 13.8 Å². The van der Waals surface area contributed by atoms with Gasteiger partial charge in [0.05, 0.1) is 0 Å². The summed E-state index contributed by atoms with van der Waals surface area (Å²) >= 11 is 0. The first kappa shape index (κ1) is 13.9. The van der Waals surface area contributed by atoms with Gasteiger partial charge in [0.25, 0.3) is 5.91 Å². The number of rotatable bonds is 6. The number of hydrogen-bond acceptors (Lipinski definition) is 5. The van der Waals surface area contributed by atoms with Crippen molar-refractivity contribution in [3.63, 3.8) is 0 Å². The average molecular weight is 253 g/mol. The Hall–Kier alpha value is -2.18. The Labute approximate surface area is 104 Å². The molecular formula is C11H15N3O4. The fraction of sp³-hybridized carbons (Fsp3) is 0.455. The van der Waals surface area contributed by atoms with Gasteiger partial charge in [-0.15, -0.1) is 0 Å². The zero-order valence-electron chi connectivity index (χ0n) is 10.3. The molecule has 0 bridgehead atoms. The summed E-state index contributed by atoms with van der Waals surface area (Å²) in [5, 5.41) is 13.3. The van der Waals surface area contributed by atoms with Crippen molar-refractivity contribution in [3.05, 3.63) is 28.4 Å². The second-order valence-electron chi connectivity index (χ2n) is 4.07. The monoisotopic (exact) mass is 253 g/mol. The molecule has 0 aromatic carbocycles. The zero-order chi connectivity index (χ0) is 13.5. The van der Waals surface area contributed by atoms with Crippen molar-refractivity contribution in [3.8, 4) is 5.75 Å². The van der Waals surface area contributed by atoms with Crippen LogP contribution in [0.3, 0.4) is 0 Å². The van der Waals surface area contributed by atoms with E-state index in [1.807, 2.05) is 13.8 Å². The lowest BCUT2D eigenvalue weighted by Gasteiger charge is -2.08. The molecule has 1 heterocycles. The Balaban J connectivity index is 2.53. The number of nitrogens with zero attached hydrogens (tertiary/aromatic N) is 2. The normalized spacial score (nSPS) is 10.2. The zero-order valence-corrected chi connectivity index (χ0v) is 10.3. The molecule has 98 valence electrons. The van der Waals surface area contributed by atoms with E-state index in [0.29, 0.717) is 12.5 Å². The Kier molecular flexibility index (Phi) is 5.04. The van der Waals surface area contributed by atoms with Gasteiger partial charge in [-0.3, -0.25) is 4.79 Å². The van der Waals surface area contributed by atoms with Gasteiger partial charge in [-0.05, 0) is 28.0 Å². The standard InChI is InChI=1S/C11H15N3O4/c1-8(2)6-13-10(15)7-18-9-4-3-5-12-11(9)14(16)17/h3-5,8H,6-7H2,1-2H3,(H,13,15). The van der Waals surface area contributed by atoms with E-state index in [1.165, 1.54) is 18.3 Å². The topological polar surface area (TPSA) is 94.4 Å². The van der Waals surface area contributed by atoms with Crippen LogP contribution in [0.5, 0.6) is 5.75 Å². The van der Waals surface area contributed by atoms with E-state index in [-0.39, 0.29) is 18.3 Å². The Morgan fingerprint density at radius 2 is 2.33 bits per heavy atom. The molecule has 7 nitrogen and oxygen atoms in total. The summed E-state index contributed by atoms with van der Waals surface area (Å²) in [6.45, 7) is 4.21. The molecule has 0 aliphatic carbocycles. The van der Waals surface area contributed by atoms with Crippen LogP contribution in [-0.4, -0.2) is 29.0 Å². The van der Waals surface area contributed by atoms with Crippen LogP contribution in [0.15, 0.2) is 18.3 Å². The van der Waals surface area contributed by atoms with Gasteiger partial charge in [-0.25, -0.2) is 0 Å². The molecule has 0 atom stereocenters. The molecule has 1 rings (SSSR count). The van der Waals surface area contributed by atoms with E-state index >= 15 is 0 Å². The van der Waals surface area contributed by atoms with Crippen molar-refractivity contribution < 1.29 is 14.5 Å². The summed E-state index contributed by atoms with van der Waals surface area (Å²) in [6, 6.07) is 2.91. The smallest absolute Gasteiger partial charge is 0.406 e. The lowest BCUT2D eigenvalue weighted by Crippen LogP contribution is -2.31. The number of amides is 1. The fourth-order valence-corrected chi connectivity index (χ4v) is 1.14. The predicted molar refractivity (Wildman–Crippen MR) is 64.2 cm³/mol. The van der Waals surface area contributed by atoms with Crippen LogP contribution in [-0.2, 0) is 4.79 Å². The van der Waals surface area contributed by atoms with E-state index in [2.05, 4.69) is 10.3 Å². The van der Waals surface area contributed by atoms with Gasteiger partial charge in [0.15, 0.2) is 6.61 Å². The average Bonchev–Trinajstić information content (AvgIpc) is 2.34. The van der Waals surface area contributed by atoms with Crippen LogP contribution in [0.25, 0.3) is 0 Å². The van der Waals surface area contributed by atoms with Gasteiger partial charge in [0, 0.05) is 6.54 Å². The minimum Gasteiger partial charge on any atom is -0.476 e. The van der Waals surface area contributed by atoms with Gasteiger partial charge >= 0.3 is 5.82 Å². The quantitative estimate of drug-likeness (QED) is 0.606. The molecule has 0 aliphatic rings. The molecule has 1 N–H and O–H groups in total. The second kappa shape index (κ2) is 6.53. The summed E-state index contributed by atoms with van der Waals surface area (Å²) in [4.78, 5) is 24.9. The summed E-state index contributed by atoms with van der Waals surface area (Å²) in [7, 11) is 0. The highest BCUT2D eigenvalue weighted by molar-refractivity contribution is 5.77. The first-order valence-corrected chi connectivity index (χ1v) is 5.49. The summed E-state index contributed by atoms with van der Waals surface area (Å²) in [6.07, 6.45) is 1.30. The number of ether oxygens (including phenoxy) is 1. The second-order valence-corrected chi connectivity index (χ2v) is 4.07. The molecule has 0 saturated carbocycles. The number of carbonyl (C=O) groups is 1. The van der Waals surface area contributed by atoms with Crippen LogP contribution in [0.1, 0.15) is 13.8 Å². The largest absolute Gasteiger partial charge is 0.476 e. The van der Waals surface area contributed by atoms with Crippen molar-refractivity contribution in [1.82, 2.24) is 10.3 Å². The van der Waals surface area contributed by atoms with Crippen molar-refractivity contribution in [2.75, 3.05) is 13.2 Å². The van der Waals surface area contributed by atoms with Gasteiger partial charge in [-0.2, -0.15) is 0 Å². The SMILES string of the molecule is CC(C)CNC(=O)COc1cccnc1[N+](=O)[O-]. The van der Waals surface area contributed by atoms with Crippen molar-refractivity contribution >= 4 is 11.7 Å². The van der Waals surface area contributed by atoms with E-state index in [9.17, 15) is 14.9 Å². The summed E-state index contributed by atoms with van der Waals surface area (Å²) in [5.74, 6) is -0.389. The first-order chi connectivity index (χ1) is 8.50. The van der Waals surface area contributed by atoms with Gasteiger partial charge in [-0.1, -0.05) is 13.8 Å². The van der Waals surface area contributed by atoms with Crippen LogP contribution in [0.4, 0.5) is 5.82 Å². The third-order valence-corrected chi connectivity index (χ3v) is 1.99. The number of nitro groups is 1. The van der Waals surface area contributed by atoms with E-state index in [1.54, 1.807) is 0 Å². The highest BCUT2D eigenvalue weighted by Crippen LogP contribution is 2.22. The Bertz CT molecular complexity index is 434. The Morgan fingerprint density at radius 3 is 2.94 bits per heavy atom. The number of nitrogens with one attached hydrogen (secondary N) is 1. The molecule has 1 amide bonds. The van der Waals surface area contributed by atoms with Gasteiger partial charge in [0.2, 0.25) is 5.75 Å². The van der Waals surface area contributed by atoms with Gasteiger partial charge < -0.3 is 20.2 Å². The molecular weight excluding hydrogens is 238 g/mol. The highest BCUT2D eigenvalue weighted by atomic mass is 16.6. The number of carbonyl (C=O) groups excluding carboxylic acids is 1. The van der Waals surface area contributed by atoms with Crippen molar-refractivity contribution in [1.29, 1.82) is 0 Å². The van der Waals surface area contributed by atoms with Gasteiger partial charge in [0.1, 0.15) is 6.20 Å². The lowest BCUT2D eigenvalue weighted by molar-refractivity contribution is -0.390. The van der Waals surface area contributed by atoms with Crippen LogP contribution in [0.2, 0.25) is 0 Å². The number of pyridine rings is 1. The Morgan fingerprint density at radius 1 is 1.61 bits per heavy atom. The fourth-order valence-electron chi connectivity index (χ4n) is 1.14. The van der Waals surface area contributed by atoms with Crippen molar-refractivity contribution in [2.24, 2.45) is 5.92 Å². The molecule has 0 spiro atoms. The molecule has 0 saturated heterocycles. The summed E-state index contributed by atoms with van der Waals surface area (Å²) in [5.41, 5.74) is 0. The van der Waals surface area contributed by atoms with Crippen LogP contribution < -0.4 is 10.1 Å². The molecule has 0 unspecified atom stereocenters. The minimum atomic E-state index is -0.651. The molecule has 7 heteroatoms. The minimum absolute atomic E-state index is 0.0119. The molecule has 18 heavy (non-hydrogen) atoms. The third-order valence-electron chi connectivity index (χ3n) is 1.99. The predicted octanol–water partition coefficient (Wildman–Crippen LogP) is 1.14. The highest BCUT2D eigenvalue weighted by Gasteiger charge is 2.16. The molecule has 0 aliphatic heterocycles. The maximum atomic E-state index is 11.4. The van der Waals surface area contributed by atoms with E-state index in [0.717, 1.165) is 0 Å². The molecule has 0 radical (unpaired) electrons. The maximum absolute atomic E-state index is 11.4. The lowest BCUT2D eigenvalue weighted by atomic mass is 10.2. The third kappa shape index (κ3) is 4.36. The molecule has 1 aromatic heterocycles. The summed E-state index contributed by atoms with van der Waals surface area (Å²) < 4.78 is 5.08. The van der Waals surface area contributed by atoms with Crippen LogP contribution >= 0.6 is 0 Å². The number of aromatic nitrogens is 1. The number of hydrogen-bond donors (Lipinski definition) is 1. The first-order valence-electron chi connectivity index (χ1n) is 5.49. The van der Waals surface area contributed by atoms with Crippen LogP contribution in [0, 0.1) is 16.0 Å². The molecule has 0 fully saturated rings. The van der Waals surface area contributed by atoms with E-state index < -0.39 is 10.7 Å². The molecule has 1 aromatic rings. The maximum Gasteiger partial charge on any atom is 0.406 e. The van der Waals surface area contributed by atoms with E-state index in [4.69, 9.17) is 4.74 Å².